The third-order valence-electron chi connectivity index (χ3n) is 1.70. The van der Waals surface area contributed by atoms with E-state index in [0.717, 1.165) is 0 Å². The molecule has 1 aromatic rings. The van der Waals surface area contributed by atoms with Crippen LogP contribution in [0.4, 0.5) is 10.1 Å². The number of nitrogen functional groups attached to an aromatic ring is 1. The molecule has 0 amide bonds. The van der Waals surface area contributed by atoms with Gasteiger partial charge in [0.1, 0.15) is 11.3 Å². The molecule has 13 heavy (non-hydrogen) atoms. The van der Waals surface area contributed by atoms with Crippen LogP contribution in [0.15, 0.2) is 10.7 Å². The number of hydrogen-bond donors (Lipinski definition) is 2. The molecular weight excluding hydrogens is 239 g/mol. The van der Waals surface area contributed by atoms with E-state index in [1.54, 1.807) is 6.07 Å². The van der Waals surface area contributed by atoms with Gasteiger partial charge < -0.3 is 10.8 Å². The van der Waals surface area contributed by atoms with Gasteiger partial charge in [-0.1, -0.05) is 0 Å². The quantitative estimate of drug-likeness (QED) is 0.796. The summed E-state index contributed by atoms with van der Waals surface area (Å²) in [5, 5.41) is 8.70. The van der Waals surface area contributed by atoms with Gasteiger partial charge in [0.15, 0.2) is 0 Å². The van der Waals surface area contributed by atoms with Gasteiger partial charge in [-0.2, -0.15) is 0 Å². The zero-order valence-electron chi connectivity index (χ0n) is 6.93. The molecular formula is C8H10BrFN2O. The summed E-state index contributed by atoms with van der Waals surface area (Å²) >= 11 is 3.15. The van der Waals surface area contributed by atoms with Gasteiger partial charge in [0, 0.05) is 24.3 Å². The number of aromatic nitrogens is 1. The number of nitrogens with two attached hydrogens (primary N) is 1. The first kappa shape index (κ1) is 10.4. The van der Waals surface area contributed by atoms with Crippen molar-refractivity contribution in [3.05, 3.63) is 21.9 Å². The van der Waals surface area contributed by atoms with Gasteiger partial charge in [-0.05, 0) is 22.0 Å². The Morgan fingerprint density at radius 3 is 2.85 bits per heavy atom. The summed E-state index contributed by atoms with van der Waals surface area (Å²) in [6.45, 7) is -0.711. The number of anilines is 1. The Hall–Kier alpha value is -0.680. The minimum atomic E-state index is -0.651. The van der Waals surface area contributed by atoms with Crippen LogP contribution in [0, 0.1) is 0 Å². The van der Waals surface area contributed by atoms with E-state index in [-0.39, 0.29) is 6.61 Å². The van der Waals surface area contributed by atoms with Gasteiger partial charge in [-0.25, -0.2) is 9.37 Å². The van der Waals surface area contributed by atoms with Crippen molar-refractivity contribution in [3.8, 4) is 0 Å². The van der Waals surface area contributed by atoms with Crippen molar-refractivity contribution >= 4 is 21.6 Å². The predicted molar refractivity (Wildman–Crippen MR) is 52.0 cm³/mol. The highest BCUT2D eigenvalue weighted by Gasteiger charge is 2.08. The largest absolute Gasteiger partial charge is 0.398 e. The van der Waals surface area contributed by atoms with Crippen LogP contribution >= 0.6 is 15.9 Å². The van der Waals surface area contributed by atoms with Gasteiger partial charge in [0.25, 0.3) is 0 Å². The number of aliphatic hydroxyl groups is 1. The van der Waals surface area contributed by atoms with E-state index in [0.29, 0.717) is 28.0 Å². The summed E-state index contributed by atoms with van der Waals surface area (Å²) in [6.07, 6.45) is 0.322. The summed E-state index contributed by atoms with van der Waals surface area (Å²) in [7, 11) is 0. The molecule has 0 aliphatic rings. The monoisotopic (exact) mass is 248 g/mol. The lowest BCUT2D eigenvalue weighted by molar-refractivity contribution is 0.297. The molecule has 3 nitrogen and oxygen atoms in total. The van der Waals surface area contributed by atoms with Crippen molar-refractivity contribution in [3.63, 3.8) is 0 Å². The van der Waals surface area contributed by atoms with Crippen LogP contribution in [0.1, 0.15) is 11.3 Å². The smallest absolute Gasteiger partial charge is 0.118 e. The zero-order chi connectivity index (χ0) is 9.84. The summed E-state index contributed by atoms with van der Waals surface area (Å²) < 4.78 is 13.0. The predicted octanol–water partition coefficient (Wildman–Crippen LogP) is 1.43. The van der Waals surface area contributed by atoms with Crippen LogP contribution < -0.4 is 5.73 Å². The number of halogens is 2. The van der Waals surface area contributed by atoms with Gasteiger partial charge in [-0.15, -0.1) is 0 Å². The van der Waals surface area contributed by atoms with Gasteiger partial charge in [-0.3, -0.25) is 0 Å². The molecule has 0 aliphatic carbocycles. The summed E-state index contributed by atoms with van der Waals surface area (Å²) in [5.41, 5.74) is 6.82. The highest BCUT2D eigenvalue weighted by atomic mass is 79.9. The minimum Gasteiger partial charge on any atom is -0.398 e. The summed E-state index contributed by atoms with van der Waals surface area (Å²) in [6, 6.07) is 1.55. The summed E-state index contributed by atoms with van der Waals surface area (Å²) in [4.78, 5) is 4.03. The van der Waals surface area contributed by atoms with E-state index in [9.17, 15) is 4.39 Å². The number of rotatable bonds is 3. The molecule has 1 rings (SSSR count). The first-order chi connectivity index (χ1) is 6.19. The fourth-order valence-electron chi connectivity index (χ4n) is 1.08. The second kappa shape index (κ2) is 4.53. The number of nitrogens with zero attached hydrogens (tertiary/aromatic N) is 1. The van der Waals surface area contributed by atoms with E-state index >= 15 is 0 Å². The Labute approximate surface area is 83.9 Å². The van der Waals surface area contributed by atoms with E-state index in [1.165, 1.54) is 0 Å². The molecule has 0 radical (unpaired) electrons. The van der Waals surface area contributed by atoms with E-state index in [1.807, 2.05) is 0 Å². The van der Waals surface area contributed by atoms with Gasteiger partial charge >= 0.3 is 0 Å². The Balaban J connectivity index is 3.13. The molecule has 0 atom stereocenters. The van der Waals surface area contributed by atoms with Crippen molar-refractivity contribution in [2.24, 2.45) is 0 Å². The van der Waals surface area contributed by atoms with Gasteiger partial charge in [0.2, 0.25) is 0 Å². The summed E-state index contributed by atoms with van der Waals surface area (Å²) in [5.74, 6) is 0. The van der Waals surface area contributed by atoms with Crippen molar-refractivity contribution in [1.82, 2.24) is 4.98 Å². The SMILES string of the molecule is Nc1cc(Br)nc(CCO)c1CF. The molecule has 0 saturated carbocycles. The lowest BCUT2D eigenvalue weighted by Crippen LogP contribution is -2.04. The Kier molecular flexibility index (Phi) is 3.62. The molecule has 0 saturated heterocycles. The zero-order valence-corrected chi connectivity index (χ0v) is 8.51. The molecule has 3 N–H and O–H groups in total. The maximum Gasteiger partial charge on any atom is 0.118 e. The molecule has 0 aromatic carbocycles. The van der Waals surface area contributed by atoms with Crippen LogP contribution in [0.2, 0.25) is 0 Å². The van der Waals surface area contributed by atoms with Gasteiger partial charge in [0.05, 0.1) is 5.69 Å². The third-order valence-corrected chi connectivity index (χ3v) is 2.10. The fourth-order valence-corrected chi connectivity index (χ4v) is 1.54. The van der Waals surface area contributed by atoms with Crippen molar-refractivity contribution in [2.75, 3.05) is 12.3 Å². The van der Waals surface area contributed by atoms with E-state index in [4.69, 9.17) is 10.8 Å². The maximum atomic E-state index is 12.5. The highest BCUT2D eigenvalue weighted by Crippen LogP contribution is 2.21. The molecule has 1 heterocycles. The Morgan fingerprint density at radius 2 is 2.31 bits per heavy atom. The van der Waals surface area contributed by atoms with E-state index in [2.05, 4.69) is 20.9 Å². The second-order valence-corrected chi connectivity index (χ2v) is 3.38. The lowest BCUT2D eigenvalue weighted by atomic mass is 10.1. The maximum absolute atomic E-state index is 12.5. The number of alkyl halides is 1. The average molecular weight is 249 g/mol. The second-order valence-electron chi connectivity index (χ2n) is 2.57. The Bertz CT molecular complexity index is 306. The minimum absolute atomic E-state index is 0.0596. The average Bonchev–Trinajstić information content (AvgIpc) is 2.04. The molecule has 5 heteroatoms. The van der Waals surface area contributed by atoms with Crippen LogP contribution in [-0.2, 0) is 13.1 Å². The molecule has 0 bridgehead atoms. The molecule has 0 unspecified atom stereocenters. The topological polar surface area (TPSA) is 59.1 Å². The molecule has 0 fully saturated rings. The van der Waals surface area contributed by atoms with Crippen LogP contribution in [0.3, 0.4) is 0 Å². The van der Waals surface area contributed by atoms with Crippen molar-refractivity contribution in [2.45, 2.75) is 13.1 Å². The first-order valence-corrected chi connectivity index (χ1v) is 4.59. The normalized spacial score (nSPS) is 10.4. The van der Waals surface area contributed by atoms with E-state index < -0.39 is 6.67 Å². The van der Waals surface area contributed by atoms with Crippen LogP contribution in [-0.4, -0.2) is 16.7 Å². The number of aliphatic hydroxyl groups excluding tert-OH is 1. The number of pyridine rings is 1. The number of hydrogen-bond acceptors (Lipinski definition) is 3. The van der Waals surface area contributed by atoms with Crippen molar-refractivity contribution in [1.29, 1.82) is 0 Å². The van der Waals surface area contributed by atoms with Crippen LogP contribution in [0.5, 0.6) is 0 Å². The Morgan fingerprint density at radius 1 is 1.62 bits per heavy atom. The molecule has 1 aromatic heterocycles. The fraction of sp³-hybridized carbons (Fsp3) is 0.375. The third kappa shape index (κ3) is 2.38. The lowest BCUT2D eigenvalue weighted by Gasteiger charge is -2.07. The molecule has 72 valence electrons. The first-order valence-electron chi connectivity index (χ1n) is 3.79. The standard InChI is InChI=1S/C8H10BrFN2O/c9-8-3-6(11)5(4-10)7(12-8)1-2-13/h3,13H,1-2,4H2,(H2,11,12). The molecule has 0 aliphatic heterocycles. The van der Waals surface area contributed by atoms with Crippen LogP contribution in [0.25, 0.3) is 0 Å². The van der Waals surface area contributed by atoms with Crippen molar-refractivity contribution < 1.29 is 9.50 Å². The molecule has 0 spiro atoms. The highest BCUT2D eigenvalue weighted by molar-refractivity contribution is 9.10.